The van der Waals surface area contributed by atoms with E-state index < -0.39 is 0 Å². The van der Waals surface area contributed by atoms with Crippen LogP contribution in [0.3, 0.4) is 0 Å². The smallest absolute Gasteiger partial charge is 0.247 e. The number of nitrogens with one attached hydrogen (secondary N) is 1. The summed E-state index contributed by atoms with van der Waals surface area (Å²) in [7, 11) is 0. The molecule has 0 fully saturated rings. The number of nitrogens with zero attached hydrogens (tertiary/aromatic N) is 1. The minimum absolute atomic E-state index is 0.670. The normalized spacial score (nSPS) is 12.3. The van der Waals surface area contributed by atoms with E-state index in [2.05, 4.69) is 66.1 Å². The summed E-state index contributed by atoms with van der Waals surface area (Å²) in [6, 6.07) is 10.9. The van der Waals surface area contributed by atoms with Crippen LogP contribution in [0.4, 0.5) is 0 Å². The van der Waals surface area contributed by atoms with Crippen molar-refractivity contribution in [1.29, 1.82) is 0 Å². The Balaban J connectivity index is 1.73. The van der Waals surface area contributed by atoms with Crippen molar-refractivity contribution in [2.45, 2.75) is 129 Å². The van der Waals surface area contributed by atoms with Gasteiger partial charge in [0.2, 0.25) is 0 Å². The first-order chi connectivity index (χ1) is 15.3. The molecule has 0 aliphatic heterocycles. The van der Waals surface area contributed by atoms with Crippen molar-refractivity contribution in [3.05, 3.63) is 54.1 Å². The summed E-state index contributed by atoms with van der Waals surface area (Å²) in [5.41, 5.74) is 1.38. The van der Waals surface area contributed by atoms with Crippen LogP contribution in [0.25, 0.3) is 0 Å². The second-order valence-electron chi connectivity index (χ2n) is 9.48. The molecule has 0 aliphatic rings. The molecule has 2 heteroatoms. The van der Waals surface area contributed by atoms with Crippen LogP contribution in [-0.2, 0) is 6.54 Å². The molecule has 0 saturated carbocycles. The minimum atomic E-state index is 0.670. The van der Waals surface area contributed by atoms with E-state index in [1.165, 1.54) is 114 Å². The van der Waals surface area contributed by atoms with Crippen molar-refractivity contribution in [3.63, 3.8) is 0 Å². The molecule has 1 atom stereocenters. The van der Waals surface area contributed by atoms with E-state index in [0.717, 1.165) is 6.54 Å². The Morgan fingerprint density at radius 1 is 0.677 bits per heavy atom. The maximum Gasteiger partial charge on any atom is 0.257 e. The lowest BCUT2D eigenvalue weighted by molar-refractivity contribution is -0.695. The number of H-pyrrole nitrogens is 1. The highest BCUT2D eigenvalue weighted by Gasteiger charge is 2.22. The summed E-state index contributed by atoms with van der Waals surface area (Å²) in [6.45, 7) is 5.58. The molecule has 1 aromatic heterocycles. The number of benzene rings is 1. The van der Waals surface area contributed by atoms with Crippen LogP contribution in [-0.4, -0.2) is 4.98 Å². The Bertz CT molecular complexity index is 646. The molecule has 1 heterocycles. The fourth-order valence-corrected chi connectivity index (χ4v) is 4.76. The van der Waals surface area contributed by atoms with Crippen LogP contribution < -0.4 is 4.57 Å². The van der Waals surface area contributed by atoms with Gasteiger partial charge in [-0.25, -0.2) is 9.55 Å². The number of aromatic amines is 1. The number of hydrogen-bond acceptors (Lipinski definition) is 0. The Kier molecular flexibility index (Phi) is 14.1. The molecule has 0 aliphatic carbocycles. The van der Waals surface area contributed by atoms with E-state index in [9.17, 15) is 0 Å². The topological polar surface area (TPSA) is 19.7 Å². The van der Waals surface area contributed by atoms with Crippen LogP contribution in [0, 0.1) is 0 Å². The zero-order valence-corrected chi connectivity index (χ0v) is 20.6. The molecular formula is C29H49N2+. The summed E-state index contributed by atoms with van der Waals surface area (Å²) in [5, 5.41) is 0. The van der Waals surface area contributed by atoms with Crippen molar-refractivity contribution in [3.8, 4) is 0 Å². The van der Waals surface area contributed by atoms with E-state index >= 15 is 0 Å². The third-order valence-corrected chi connectivity index (χ3v) is 6.69. The van der Waals surface area contributed by atoms with Gasteiger partial charge in [0, 0.05) is 0 Å². The largest absolute Gasteiger partial charge is 0.257 e. The van der Waals surface area contributed by atoms with Gasteiger partial charge in [-0.05, 0) is 18.4 Å². The fraction of sp³-hybridized carbons (Fsp3) is 0.690. The van der Waals surface area contributed by atoms with Gasteiger partial charge < -0.3 is 0 Å². The molecule has 0 bridgehead atoms. The molecule has 31 heavy (non-hydrogen) atoms. The lowest BCUT2D eigenvalue weighted by Crippen LogP contribution is -2.38. The predicted molar refractivity (Wildman–Crippen MR) is 134 cm³/mol. The summed E-state index contributed by atoms with van der Waals surface area (Å²) in [4.78, 5) is 3.61. The van der Waals surface area contributed by atoms with E-state index in [-0.39, 0.29) is 0 Å². The van der Waals surface area contributed by atoms with Crippen LogP contribution in [0.15, 0.2) is 42.7 Å². The average Bonchev–Trinajstić information content (AvgIpc) is 3.25. The first-order valence-electron chi connectivity index (χ1n) is 13.5. The van der Waals surface area contributed by atoms with E-state index in [0.29, 0.717) is 5.92 Å². The van der Waals surface area contributed by atoms with Crippen molar-refractivity contribution in [1.82, 2.24) is 4.98 Å². The first-order valence-corrected chi connectivity index (χ1v) is 13.5. The highest BCUT2D eigenvalue weighted by atomic mass is 15.1. The van der Waals surface area contributed by atoms with E-state index in [1.807, 2.05) is 0 Å². The summed E-state index contributed by atoms with van der Waals surface area (Å²) in [6.07, 6.45) is 26.7. The lowest BCUT2D eigenvalue weighted by atomic mass is 9.93. The zero-order valence-electron chi connectivity index (χ0n) is 20.6. The number of unbranched alkanes of at least 4 members (excludes halogenated alkanes) is 12. The SMILES string of the molecule is CCCCCCCCCCCCC[C@H](CCCCC)c1[nH]cc[n+]1Cc1ccccc1. The molecule has 1 N–H and O–H groups in total. The standard InChI is InChI=1S/C29H48N2/c1-3-5-7-8-9-10-11-12-13-14-19-23-28(22-16-6-4-2)29-30-24-25-31(29)26-27-20-17-15-18-21-27/h15,17-18,20-21,24-25,28H,3-14,16,19,22-23,26H2,1-2H3/p+1/t28-/m0/s1. The van der Waals surface area contributed by atoms with Crippen LogP contribution in [0.2, 0.25) is 0 Å². The molecule has 2 aromatic rings. The molecule has 0 spiro atoms. The van der Waals surface area contributed by atoms with Gasteiger partial charge in [0.1, 0.15) is 18.9 Å². The van der Waals surface area contributed by atoms with E-state index in [4.69, 9.17) is 0 Å². The number of rotatable bonds is 19. The highest BCUT2D eigenvalue weighted by molar-refractivity contribution is 5.13. The van der Waals surface area contributed by atoms with Gasteiger partial charge in [-0.2, -0.15) is 0 Å². The molecular weight excluding hydrogens is 376 g/mol. The van der Waals surface area contributed by atoms with Crippen molar-refractivity contribution < 1.29 is 4.57 Å². The number of aromatic nitrogens is 2. The van der Waals surface area contributed by atoms with Crippen molar-refractivity contribution in [2.75, 3.05) is 0 Å². The second-order valence-corrected chi connectivity index (χ2v) is 9.48. The van der Waals surface area contributed by atoms with Crippen LogP contribution >= 0.6 is 0 Å². The minimum Gasteiger partial charge on any atom is -0.247 e. The maximum atomic E-state index is 3.61. The molecule has 2 rings (SSSR count). The Labute approximate surface area is 192 Å². The van der Waals surface area contributed by atoms with E-state index in [1.54, 1.807) is 0 Å². The number of hydrogen-bond donors (Lipinski definition) is 1. The van der Waals surface area contributed by atoms with Gasteiger partial charge in [-0.15, -0.1) is 0 Å². The molecule has 0 amide bonds. The van der Waals surface area contributed by atoms with Crippen LogP contribution in [0.5, 0.6) is 0 Å². The average molecular weight is 426 g/mol. The molecule has 0 radical (unpaired) electrons. The fourth-order valence-electron chi connectivity index (χ4n) is 4.76. The first kappa shape index (κ1) is 25.7. The monoisotopic (exact) mass is 425 g/mol. The Hall–Kier alpha value is -1.57. The van der Waals surface area contributed by atoms with Gasteiger partial charge in [0.15, 0.2) is 0 Å². The molecule has 2 nitrogen and oxygen atoms in total. The Morgan fingerprint density at radius 2 is 1.19 bits per heavy atom. The molecule has 174 valence electrons. The predicted octanol–water partition coefficient (Wildman–Crippen LogP) is 8.72. The lowest BCUT2D eigenvalue weighted by Gasteiger charge is -2.14. The third kappa shape index (κ3) is 11.0. The molecule has 0 saturated heterocycles. The van der Waals surface area contributed by atoms with Gasteiger partial charge in [0.05, 0.1) is 5.92 Å². The molecule has 1 aromatic carbocycles. The second kappa shape index (κ2) is 17.0. The summed E-state index contributed by atoms with van der Waals surface area (Å²) < 4.78 is 2.45. The Morgan fingerprint density at radius 3 is 1.81 bits per heavy atom. The zero-order chi connectivity index (χ0) is 22.0. The quantitative estimate of drug-likeness (QED) is 0.171. The van der Waals surface area contributed by atoms with Crippen molar-refractivity contribution >= 4 is 0 Å². The van der Waals surface area contributed by atoms with Gasteiger partial charge in [-0.1, -0.05) is 134 Å². The maximum absolute atomic E-state index is 3.61. The van der Waals surface area contributed by atoms with Gasteiger partial charge >= 0.3 is 0 Å². The highest BCUT2D eigenvalue weighted by Crippen LogP contribution is 2.26. The van der Waals surface area contributed by atoms with Crippen molar-refractivity contribution in [2.24, 2.45) is 0 Å². The summed E-state index contributed by atoms with van der Waals surface area (Å²) in [5.74, 6) is 2.11. The molecule has 0 unspecified atom stereocenters. The van der Waals surface area contributed by atoms with Gasteiger partial charge in [0.25, 0.3) is 5.82 Å². The van der Waals surface area contributed by atoms with Gasteiger partial charge in [-0.3, -0.25) is 0 Å². The third-order valence-electron chi connectivity index (χ3n) is 6.69. The number of imidazole rings is 1. The summed E-state index contributed by atoms with van der Waals surface area (Å²) >= 11 is 0. The van der Waals surface area contributed by atoms with Crippen LogP contribution in [0.1, 0.15) is 134 Å².